The highest BCUT2D eigenvalue weighted by atomic mass is 79.9. The number of benzene rings is 1. The van der Waals surface area contributed by atoms with Gasteiger partial charge >= 0.3 is 0 Å². The van der Waals surface area contributed by atoms with Crippen LogP contribution in [0.3, 0.4) is 0 Å². The molecule has 0 unspecified atom stereocenters. The van der Waals surface area contributed by atoms with Gasteiger partial charge in [0.1, 0.15) is 0 Å². The first kappa shape index (κ1) is 12.7. The van der Waals surface area contributed by atoms with Crippen LogP contribution in [0.4, 0.5) is 0 Å². The molecule has 0 heterocycles. The van der Waals surface area contributed by atoms with Crippen molar-refractivity contribution in [3.63, 3.8) is 0 Å². The van der Waals surface area contributed by atoms with Crippen LogP contribution in [-0.4, -0.2) is 0 Å². The maximum Gasteiger partial charge on any atom is 0.0994 e. The van der Waals surface area contributed by atoms with Crippen LogP contribution in [0.25, 0.3) is 0 Å². The van der Waals surface area contributed by atoms with Crippen LogP contribution in [0.1, 0.15) is 37.5 Å². The zero-order chi connectivity index (χ0) is 12.3. The van der Waals surface area contributed by atoms with Crippen molar-refractivity contribution in [1.82, 2.24) is 0 Å². The molecule has 0 aromatic heterocycles. The highest BCUT2D eigenvalue weighted by Crippen LogP contribution is 2.30. The van der Waals surface area contributed by atoms with Crippen molar-refractivity contribution in [3.8, 4) is 12.1 Å². The van der Waals surface area contributed by atoms with Gasteiger partial charge in [0.2, 0.25) is 0 Å². The predicted octanol–water partition coefficient (Wildman–Crippen LogP) is 3.68. The first-order valence-electron chi connectivity index (χ1n) is 5.00. The van der Waals surface area contributed by atoms with Crippen molar-refractivity contribution in [2.75, 3.05) is 0 Å². The fourth-order valence-corrected chi connectivity index (χ4v) is 2.04. The first-order valence-corrected chi connectivity index (χ1v) is 5.79. The molecule has 3 heteroatoms. The van der Waals surface area contributed by atoms with E-state index in [9.17, 15) is 0 Å². The van der Waals surface area contributed by atoms with Crippen molar-refractivity contribution in [1.29, 1.82) is 10.5 Å². The lowest BCUT2D eigenvalue weighted by Crippen LogP contribution is -2.13. The number of nitrogens with zero attached hydrogens (tertiary/aromatic N) is 2. The molecule has 0 amide bonds. The lowest BCUT2D eigenvalue weighted by atomic mass is 9.83. The minimum Gasteiger partial charge on any atom is -0.198 e. The summed E-state index contributed by atoms with van der Waals surface area (Å²) < 4.78 is 0.901. The van der Waals surface area contributed by atoms with E-state index in [-0.39, 0.29) is 5.41 Å². The van der Waals surface area contributed by atoms with Crippen molar-refractivity contribution in [3.05, 3.63) is 33.3 Å². The van der Waals surface area contributed by atoms with Crippen LogP contribution in [0.5, 0.6) is 0 Å². The van der Waals surface area contributed by atoms with Crippen LogP contribution in [0, 0.1) is 22.7 Å². The van der Waals surface area contributed by atoms with Gasteiger partial charge in [0.15, 0.2) is 0 Å². The summed E-state index contributed by atoms with van der Waals surface area (Å²) >= 11 is 3.44. The Labute approximate surface area is 105 Å². The largest absolute Gasteiger partial charge is 0.198 e. The van der Waals surface area contributed by atoms with Gasteiger partial charge in [-0.2, -0.15) is 10.5 Å². The minimum atomic E-state index is -0.0707. The number of hydrogen-bond acceptors (Lipinski definition) is 2. The number of hydrogen-bond donors (Lipinski definition) is 0. The van der Waals surface area contributed by atoms with Crippen molar-refractivity contribution >= 4 is 15.9 Å². The Balaban J connectivity index is 3.41. The van der Waals surface area contributed by atoms with E-state index in [0.717, 1.165) is 15.6 Å². The van der Waals surface area contributed by atoms with Crippen LogP contribution < -0.4 is 0 Å². The molecule has 0 fully saturated rings. The van der Waals surface area contributed by atoms with Crippen molar-refractivity contribution < 1.29 is 0 Å². The molecule has 82 valence electrons. The molecule has 2 nitrogen and oxygen atoms in total. The molecule has 0 aliphatic rings. The molecule has 0 atom stereocenters. The molecule has 0 saturated carbocycles. The topological polar surface area (TPSA) is 47.6 Å². The van der Waals surface area contributed by atoms with Gasteiger partial charge in [-0.3, -0.25) is 0 Å². The van der Waals surface area contributed by atoms with Crippen LogP contribution >= 0.6 is 15.9 Å². The molecule has 0 spiro atoms. The fraction of sp³-hybridized carbons (Fsp3) is 0.385. The van der Waals surface area contributed by atoms with Crippen LogP contribution in [0.15, 0.2) is 16.6 Å². The molecule has 1 aromatic carbocycles. The van der Waals surface area contributed by atoms with Gasteiger partial charge in [0.05, 0.1) is 24.1 Å². The molecular weight excluding hydrogens is 264 g/mol. The zero-order valence-corrected chi connectivity index (χ0v) is 11.2. The van der Waals surface area contributed by atoms with E-state index in [2.05, 4.69) is 48.8 Å². The maximum absolute atomic E-state index is 9.12. The molecule has 1 aromatic rings. The normalized spacial score (nSPS) is 10.6. The molecular formula is C13H13BrN2. The number of rotatable bonds is 1. The molecule has 0 N–H and O–H groups in total. The lowest BCUT2D eigenvalue weighted by molar-refractivity contribution is 0.588. The SMILES string of the molecule is CC(C)(C)c1cc(Br)c(CC#N)cc1C#N. The summed E-state index contributed by atoms with van der Waals surface area (Å²) in [6.07, 6.45) is 0.319. The lowest BCUT2D eigenvalue weighted by Gasteiger charge is -2.21. The summed E-state index contributed by atoms with van der Waals surface area (Å²) in [5, 5.41) is 17.8. The second-order valence-electron chi connectivity index (χ2n) is 4.69. The van der Waals surface area contributed by atoms with Gasteiger partial charge in [-0.15, -0.1) is 0 Å². The molecule has 1 rings (SSSR count). The smallest absolute Gasteiger partial charge is 0.0994 e. The van der Waals surface area contributed by atoms with E-state index in [1.165, 1.54) is 0 Å². The maximum atomic E-state index is 9.12. The van der Waals surface area contributed by atoms with Gasteiger partial charge in [-0.05, 0) is 28.7 Å². The number of nitriles is 2. The van der Waals surface area contributed by atoms with E-state index < -0.39 is 0 Å². The van der Waals surface area contributed by atoms with E-state index in [1.54, 1.807) is 6.07 Å². The van der Waals surface area contributed by atoms with Crippen LogP contribution in [-0.2, 0) is 11.8 Å². The highest BCUT2D eigenvalue weighted by molar-refractivity contribution is 9.10. The van der Waals surface area contributed by atoms with Crippen LogP contribution in [0.2, 0.25) is 0 Å². The molecule has 16 heavy (non-hydrogen) atoms. The summed E-state index contributed by atoms with van der Waals surface area (Å²) in [6, 6.07) is 8.04. The summed E-state index contributed by atoms with van der Waals surface area (Å²) in [6.45, 7) is 6.21. The third-order valence-electron chi connectivity index (χ3n) is 2.38. The van der Waals surface area contributed by atoms with Crippen molar-refractivity contribution in [2.24, 2.45) is 0 Å². The monoisotopic (exact) mass is 276 g/mol. The first-order chi connectivity index (χ1) is 7.40. The molecule has 0 aliphatic heterocycles. The zero-order valence-electron chi connectivity index (χ0n) is 9.63. The molecule has 0 saturated heterocycles. The Kier molecular flexibility index (Phi) is 3.73. The third-order valence-corrected chi connectivity index (χ3v) is 3.12. The molecule has 0 aliphatic carbocycles. The predicted molar refractivity (Wildman–Crippen MR) is 66.9 cm³/mol. The Bertz CT molecular complexity index is 484. The van der Waals surface area contributed by atoms with E-state index >= 15 is 0 Å². The average molecular weight is 277 g/mol. The second kappa shape index (κ2) is 4.68. The van der Waals surface area contributed by atoms with Gasteiger partial charge in [0.25, 0.3) is 0 Å². The van der Waals surface area contributed by atoms with E-state index in [0.29, 0.717) is 12.0 Å². The fourth-order valence-electron chi connectivity index (χ4n) is 1.55. The Morgan fingerprint density at radius 2 is 1.88 bits per heavy atom. The van der Waals surface area contributed by atoms with E-state index in [1.807, 2.05) is 6.07 Å². The molecule has 0 bridgehead atoms. The van der Waals surface area contributed by atoms with Gasteiger partial charge in [-0.1, -0.05) is 36.7 Å². The summed E-state index contributed by atoms with van der Waals surface area (Å²) in [5.74, 6) is 0. The second-order valence-corrected chi connectivity index (χ2v) is 5.54. The van der Waals surface area contributed by atoms with E-state index in [4.69, 9.17) is 10.5 Å². The summed E-state index contributed by atoms with van der Waals surface area (Å²) in [5.41, 5.74) is 2.45. The Morgan fingerprint density at radius 1 is 1.25 bits per heavy atom. The van der Waals surface area contributed by atoms with Crippen molar-refractivity contribution in [2.45, 2.75) is 32.6 Å². The van der Waals surface area contributed by atoms with Gasteiger partial charge in [0, 0.05) is 4.47 Å². The standard InChI is InChI=1S/C13H13BrN2/c1-13(2,3)11-7-12(14)9(4-5-15)6-10(11)8-16/h6-7H,4H2,1-3H3. The average Bonchev–Trinajstić information content (AvgIpc) is 2.19. The highest BCUT2D eigenvalue weighted by Gasteiger charge is 2.19. The third kappa shape index (κ3) is 2.62. The number of halogens is 1. The summed E-state index contributed by atoms with van der Waals surface area (Å²) in [7, 11) is 0. The molecule has 0 radical (unpaired) electrons. The Morgan fingerprint density at radius 3 is 2.31 bits per heavy atom. The van der Waals surface area contributed by atoms with Gasteiger partial charge in [-0.25, -0.2) is 0 Å². The summed E-state index contributed by atoms with van der Waals surface area (Å²) in [4.78, 5) is 0. The minimum absolute atomic E-state index is 0.0707. The van der Waals surface area contributed by atoms with Gasteiger partial charge < -0.3 is 0 Å². The Hall–Kier alpha value is -1.32. The quantitative estimate of drug-likeness (QED) is 0.786.